The number of aromatic hydroxyl groups is 1. The molecule has 0 saturated heterocycles. The number of ketones is 1. The number of carbonyl (C=O) groups excluding carboxylic acids is 1. The molecule has 5 heteroatoms. The lowest BCUT2D eigenvalue weighted by atomic mass is 9.72. The number of hydrogen-bond acceptors (Lipinski definition) is 5. The summed E-state index contributed by atoms with van der Waals surface area (Å²) in [6.45, 7) is 0. The van der Waals surface area contributed by atoms with Crippen molar-refractivity contribution in [2.24, 2.45) is 11.8 Å². The molecule has 0 bridgehead atoms. The predicted molar refractivity (Wildman–Crippen MR) is 104 cm³/mol. The van der Waals surface area contributed by atoms with Gasteiger partial charge in [-0.1, -0.05) is 24.3 Å². The molecular weight excluding hydrogens is 356 g/mol. The topological polar surface area (TPSA) is 76.0 Å². The zero-order chi connectivity index (χ0) is 19.6. The molecular formula is C23H22O5. The van der Waals surface area contributed by atoms with E-state index in [1.807, 2.05) is 24.3 Å². The Kier molecular flexibility index (Phi) is 3.86. The Morgan fingerprint density at radius 2 is 1.89 bits per heavy atom. The molecule has 2 N–H and O–H groups in total. The summed E-state index contributed by atoms with van der Waals surface area (Å²) < 4.78 is 11.7. The lowest BCUT2D eigenvalue weighted by Gasteiger charge is -2.40. The van der Waals surface area contributed by atoms with E-state index in [0.29, 0.717) is 18.4 Å². The van der Waals surface area contributed by atoms with Gasteiger partial charge in [-0.25, -0.2) is 0 Å². The molecule has 144 valence electrons. The number of ether oxygens (including phenoxy) is 2. The van der Waals surface area contributed by atoms with E-state index in [1.54, 1.807) is 26.4 Å². The van der Waals surface area contributed by atoms with Crippen molar-refractivity contribution in [1.29, 1.82) is 0 Å². The number of allylic oxidation sites excluding steroid dienone is 6. The molecule has 0 heterocycles. The van der Waals surface area contributed by atoms with Crippen molar-refractivity contribution in [3.05, 3.63) is 70.0 Å². The minimum Gasteiger partial charge on any atom is -0.508 e. The SMILES string of the molecule is COC1c2c(O)cccc2C2=C3CCC(=O)C4=C3C(C=CC=C4O)C2C1OC. The van der Waals surface area contributed by atoms with Crippen LogP contribution in [0.3, 0.4) is 0 Å². The second-order valence-electron chi connectivity index (χ2n) is 7.69. The van der Waals surface area contributed by atoms with Crippen LogP contribution in [0.15, 0.2) is 58.9 Å². The molecule has 5 nitrogen and oxygen atoms in total. The lowest BCUT2D eigenvalue weighted by Crippen LogP contribution is -2.38. The first kappa shape index (κ1) is 17.5. The Labute approximate surface area is 163 Å². The Hall–Kier alpha value is -2.63. The number of phenols is 1. The van der Waals surface area contributed by atoms with Gasteiger partial charge in [0.2, 0.25) is 0 Å². The van der Waals surface area contributed by atoms with Crippen LogP contribution in [0.5, 0.6) is 5.75 Å². The van der Waals surface area contributed by atoms with Crippen LogP contribution in [-0.4, -0.2) is 36.3 Å². The summed E-state index contributed by atoms with van der Waals surface area (Å²) in [5, 5.41) is 21.1. The molecule has 0 aromatic heterocycles. The molecule has 28 heavy (non-hydrogen) atoms. The number of methoxy groups -OCH3 is 2. The first-order valence-electron chi connectivity index (χ1n) is 9.55. The largest absolute Gasteiger partial charge is 0.508 e. The summed E-state index contributed by atoms with van der Waals surface area (Å²) in [4.78, 5) is 12.7. The van der Waals surface area contributed by atoms with Gasteiger partial charge < -0.3 is 19.7 Å². The Bertz CT molecular complexity index is 1010. The van der Waals surface area contributed by atoms with Crippen LogP contribution in [0, 0.1) is 11.8 Å². The van der Waals surface area contributed by atoms with Crippen LogP contribution in [0.4, 0.5) is 0 Å². The Morgan fingerprint density at radius 1 is 1.07 bits per heavy atom. The number of aliphatic hydroxyl groups excluding tert-OH is 1. The van der Waals surface area contributed by atoms with Crippen LogP contribution in [-0.2, 0) is 14.3 Å². The molecule has 4 unspecified atom stereocenters. The molecule has 1 aromatic rings. The van der Waals surface area contributed by atoms with Gasteiger partial charge >= 0.3 is 0 Å². The predicted octanol–water partition coefficient (Wildman–Crippen LogP) is 3.78. The van der Waals surface area contributed by atoms with Gasteiger partial charge in [-0.15, -0.1) is 0 Å². The third-order valence-corrected chi connectivity index (χ3v) is 6.52. The highest BCUT2D eigenvalue weighted by Gasteiger charge is 2.52. The van der Waals surface area contributed by atoms with Gasteiger partial charge in [0.15, 0.2) is 5.78 Å². The molecule has 0 aliphatic heterocycles. The third-order valence-electron chi connectivity index (χ3n) is 6.52. The summed E-state index contributed by atoms with van der Waals surface area (Å²) in [5.74, 6) is 0.0655. The van der Waals surface area contributed by atoms with Crippen molar-refractivity contribution < 1.29 is 24.5 Å². The van der Waals surface area contributed by atoms with E-state index in [4.69, 9.17) is 9.47 Å². The van der Waals surface area contributed by atoms with E-state index in [1.165, 1.54) is 0 Å². The van der Waals surface area contributed by atoms with Gasteiger partial charge in [-0.3, -0.25) is 4.79 Å². The fourth-order valence-electron chi connectivity index (χ4n) is 5.53. The lowest BCUT2D eigenvalue weighted by molar-refractivity contribution is -0.115. The number of Topliss-reactive ketones (excluding diaryl/α,β-unsaturated/α-hetero) is 1. The maximum Gasteiger partial charge on any atom is 0.167 e. The van der Waals surface area contributed by atoms with Crippen molar-refractivity contribution in [3.63, 3.8) is 0 Å². The van der Waals surface area contributed by atoms with E-state index < -0.39 is 6.10 Å². The average Bonchev–Trinajstić information content (AvgIpc) is 2.90. The smallest absolute Gasteiger partial charge is 0.167 e. The number of hydrogen-bond donors (Lipinski definition) is 2. The number of phenolic OH excluding ortho intramolecular Hbond substituents is 1. The normalized spacial score (nSPS) is 30.6. The molecule has 4 aliphatic rings. The van der Waals surface area contributed by atoms with Crippen molar-refractivity contribution in [2.45, 2.75) is 25.0 Å². The van der Waals surface area contributed by atoms with Crippen LogP contribution < -0.4 is 0 Å². The Morgan fingerprint density at radius 3 is 2.64 bits per heavy atom. The van der Waals surface area contributed by atoms with Crippen molar-refractivity contribution in [2.75, 3.05) is 14.2 Å². The first-order chi connectivity index (χ1) is 13.6. The molecule has 5 rings (SSSR count). The minimum absolute atomic E-state index is 0.0196. The molecule has 4 aliphatic carbocycles. The van der Waals surface area contributed by atoms with Gasteiger partial charge in [0.1, 0.15) is 17.6 Å². The van der Waals surface area contributed by atoms with Gasteiger partial charge in [-0.05, 0) is 40.8 Å². The molecule has 0 spiro atoms. The number of carbonyl (C=O) groups is 1. The number of aliphatic hydroxyl groups is 1. The maximum atomic E-state index is 12.7. The van der Waals surface area contributed by atoms with Crippen LogP contribution in [0.25, 0.3) is 5.57 Å². The Balaban J connectivity index is 1.87. The van der Waals surface area contributed by atoms with E-state index in [9.17, 15) is 15.0 Å². The monoisotopic (exact) mass is 378 g/mol. The molecule has 0 saturated carbocycles. The first-order valence-corrected chi connectivity index (χ1v) is 9.55. The summed E-state index contributed by atoms with van der Waals surface area (Å²) in [6, 6.07) is 5.51. The summed E-state index contributed by atoms with van der Waals surface area (Å²) in [7, 11) is 3.28. The molecule has 0 amide bonds. The molecule has 4 atom stereocenters. The molecule has 0 radical (unpaired) electrons. The highest BCUT2D eigenvalue weighted by Crippen LogP contribution is 2.60. The highest BCUT2D eigenvalue weighted by atomic mass is 16.5. The van der Waals surface area contributed by atoms with Gasteiger partial charge in [-0.2, -0.15) is 0 Å². The third kappa shape index (κ3) is 2.11. The van der Waals surface area contributed by atoms with E-state index in [0.717, 1.165) is 27.8 Å². The number of rotatable bonds is 2. The summed E-state index contributed by atoms with van der Waals surface area (Å²) >= 11 is 0. The van der Waals surface area contributed by atoms with Gasteiger partial charge in [0.05, 0.1) is 11.7 Å². The number of benzene rings is 1. The van der Waals surface area contributed by atoms with E-state index in [-0.39, 0.29) is 35.2 Å². The second-order valence-corrected chi connectivity index (χ2v) is 7.69. The van der Waals surface area contributed by atoms with E-state index in [2.05, 4.69) is 0 Å². The van der Waals surface area contributed by atoms with Gasteiger partial charge in [0.25, 0.3) is 0 Å². The fourth-order valence-corrected chi connectivity index (χ4v) is 5.53. The standard InChI is InChI=1S/C23H22O5/c1-27-22-19-11(5-3-7-14(19)24)17-13-9-10-16(26)21-15(25)8-4-6-12(18(13)21)20(17)23(22)28-2/h3-8,12,20,22-25H,9-10H2,1-2H3. The minimum atomic E-state index is -0.423. The summed E-state index contributed by atoms with van der Waals surface area (Å²) in [5.41, 5.74) is 5.23. The second kappa shape index (κ2) is 6.19. The van der Waals surface area contributed by atoms with Crippen LogP contribution >= 0.6 is 0 Å². The molecule has 0 fully saturated rings. The quantitative estimate of drug-likeness (QED) is 0.819. The van der Waals surface area contributed by atoms with Crippen molar-refractivity contribution >= 4 is 11.4 Å². The van der Waals surface area contributed by atoms with Crippen molar-refractivity contribution in [3.8, 4) is 5.75 Å². The maximum absolute atomic E-state index is 12.7. The zero-order valence-corrected chi connectivity index (χ0v) is 15.8. The number of fused-ring (bicyclic) bond motifs is 4. The highest BCUT2D eigenvalue weighted by molar-refractivity contribution is 6.04. The summed E-state index contributed by atoms with van der Waals surface area (Å²) in [6.07, 6.45) is 5.71. The van der Waals surface area contributed by atoms with Crippen molar-refractivity contribution in [1.82, 2.24) is 0 Å². The van der Waals surface area contributed by atoms with Crippen LogP contribution in [0.1, 0.15) is 30.1 Å². The molecule has 1 aromatic carbocycles. The fraction of sp³-hybridized carbons (Fsp3) is 0.348. The average molecular weight is 378 g/mol. The van der Waals surface area contributed by atoms with Crippen LogP contribution in [0.2, 0.25) is 0 Å². The zero-order valence-electron chi connectivity index (χ0n) is 15.8. The van der Waals surface area contributed by atoms with Gasteiger partial charge in [0, 0.05) is 38.0 Å². The van der Waals surface area contributed by atoms with E-state index >= 15 is 0 Å².